The lowest BCUT2D eigenvalue weighted by atomic mass is 10.2. The van der Waals surface area contributed by atoms with Crippen molar-refractivity contribution in [1.29, 1.82) is 0 Å². The molecule has 2 aromatic heterocycles. The van der Waals surface area contributed by atoms with Gasteiger partial charge in [-0.2, -0.15) is 9.29 Å². The van der Waals surface area contributed by atoms with E-state index in [4.69, 9.17) is 20.7 Å². The summed E-state index contributed by atoms with van der Waals surface area (Å²) in [7, 11) is -9.70. The average molecular weight is 454 g/mol. The average Bonchev–Trinajstić information content (AvgIpc) is 3.24. The highest BCUT2D eigenvalue weighted by molar-refractivity contribution is 7.61. The Hall–Kier alpha value is -1.67. The van der Waals surface area contributed by atoms with E-state index < -0.39 is 40.1 Å². The van der Waals surface area contributed by atoms with Crippen LogP contribution < -0.4 is 17.0 Å². The van der Waals surface area contributed by atoms with Crippen molar-refractivity contribution in [1.82, 2.24) is 19.5 Å². The Labute approximate surface area is 163 Å². The number of H-pyrrole nitrogens is 1. The van der Waals surface area contributed by atoms with Crippen molar-refractivity contribution in [2.75, 3.05) is 25.5 Å². The zero-order valence-corrected chi connectivity index (χ0v) is 16.7. The van der Waals surface area contributed by atoms with Crippen LogP contribution in [0.1, 0.15) is 19.1 Å². The second-order valence-corrected chi connectivity index (χ2v) is 9.05. The molecule has 2 aromatic rings. The van der Waals surface area contributed by atoms with E-state index in [0.29, 0.717) is 12.8 Å². The number of nitrogens with zero attached hydrogens (tertiary/aromatic N) is 3. The Morgan fingerprint density at radius 2 is 2.03 bits per heavy atom. The van der Waals surface area contributed by atoms with E-state index in [2.05, 4.69) is 23.8 Å². The van der Waals surface area contributed by atoms with Gasteiger partial charge in [-0.25, -0.2) is 14.1 Å². The first-order chi connectivity index (χ1) is 13.6. The number of anilines is 1. The van der Waals surface area contributed by atoms with Crippen molar-refractivity contribution in [3.05, 3.63) is 16.7 Å². The quantitative estimate of drug-likeness (QED) is 0.304. The first-order valence-corrected chi connectivity index (χ1v) is 11.3. The summed E-state index contributed by atoms with van der Waals surface area (Å²) in [6, 6.07) is 0. The summed E-state index contributed by atoms with van der Waals surface area (Å²) in [5, 5.41) is 0. The lowest BCUT2D eigenvalue weighted by molar-refractivity contribution is -0.0206. The minimum absolute atomic E-state index is 0.0780. The molecule has 17 heteroatoms. The van der Waals surface area contributed by atoms with Gasteiger partial charge in [-0.3, -0.25) is 23.4 Å². The van der Waals surface area contributed by atoms with Gasteiger partial charge in [0.25, 0.3) is 5.56 Å². The number of fused-ring (bicyclic) bond motifs is 1. The molecule has 3 heterocycles. The zero-order valence-electron chi connectivity index (χ0n) is 14.9. The number of imidazole rings is 1. The monoisotopic (exact) mass is 454 g/mol. The highest BCUT2D eigenvalue weighted by Crippen LogP contribution is 2.60. The topological polar surface area (TPSA) is 227 Å². The van der Waals surface area contributed by atoms with Crippen molar-refractivity contribution in [3.63, 3.8) is 0 Å². The molecule has 7 N–H and O–H groups in total. The maximum Gasteiger partial charge on any atom is 0.481 e. The number of phosphoric acid groups is 2. The van der Waals surface area contributed by atoms with Crippen LogP contribution in [0.5, 0.6) is 0 Å². The van der Waals surface area contributed by atoms with Gasteiger partial charge in [-0.1, -0.05) is 0 Å². The molecule has 1 saturated heterocycles. The highest BCUT2D eigenvalue weighted by atomic mass is 31.3. The van der Waals surface area contributed by atoms with Crippen LogP contribution in [-0.4, -0.2) is 55.2 Å². The molecule has 4 atom stereocenters. The summed E-state index contributed by atoms with van der Waals surface area (Å²) in [4.78, 5) is 41.1. The molecule has 0 radical (unpaired) electrons. The molecule has 3 rings (SSSR count). The molecule has 0 aromatic carbocycles. The van der Waals surface area contributed by atoms with Crippen LogP contribution in [0.4, 0.5) is 5.95 Å². The van der Waals surface area contributed by atoms with Crippen LogP contribution in [0, 0.1) is 0 Å². The third-order valence-electron chi connectivity index (χ3n) is 3.85. The molecular formula is C12H20N6O9P2. The fraction of sp³-hybridized carbons (Fsp3) is 0.583. The van der Waals surface area contributed by atoms with E-state index in [1.807, 2.05) is 0 Å². The predicted octanol–water partition coefficient (Wildman–Crippen LogP) is -0.411. The SMILES string of the molecule is NCCOP(=O)(O)OP(=O)(O)OC[C@@H]1CC[C@H](n2cnc3c(=O)[nH]c(N)nc32)O1. The number of rotatable bonds is 9. The first kappa shape index (κ1) is 22.0. The summed E-state index contributed by atoms with van der Waals surface area (Å²) in [5.74, 6) is -0.0780. The number of ether oxygens (including phenoxy) is 1. The van der Waals surface area contributed by atoms with Crippen molar-refractivity contribution in [2.45, 2.75) is 25.2 Å². The number of nitrogen functional groups attached to an aromatic ring is 1. The van der Waals surface area contributed by atoms with Crippen LogP contribution >= 0.6 is 15.6 Å². The number of aromatic nitrogens is 4. The van der Waals surface area contributed by atoms with Gasteiger partial charge in [-0.05, 0) is 12.8 Å². The molecule has 0 saturated carbocycles. The number of phosphoric ester groups is 2. The summed E-state index contributed by atoms with van der Waals surface area (Å²) >= 11 is 0. The molecule has 1 fully saturated rings. The minimum Gasteiger partial charge on any atom is -0.369 e. The predicted molar refractivity (Wildman–Crippen MR) is 97.4 cm³/mol. The van der Waals surface area contributed by atoms with Gasteiger partial charge in [0.2, 0.25) is 5.95 Å². The summed E-state index contributed by atoms with van der Waals surface area (Å²) in [6.45, 7) is -0.831. The number of hydrogen-bond donors (Lipinski definition) is 5. The van der Waals surface area contributed by atoms with Crippen LogP contribution in [0.15, 0.2) is 11.1 Å². The summed E-state index contributed by atoms with van der Waals surface area (Å²) in [6.07, 6.45) is 1.05. The Morgan fingerprint density at radius 1 is 1.31 bits per heavy atom. The maximum atomic E-state index is 11.8. The molecule has 0 amide bonds. The fourth-order valence-corrected chi connectivity index (χ4v) is 4.80. The van der Waals surface area contributed by atoms with Crippen molar-refractivity contribution >= 4 is 32.8 Å². The fourth-order valence-electron chi connectivity index (χ4n) is 2.69. The summed E-state index contributed by atoms with van der Waals surface area (Å²) in [5.41, 5.74) is 10.5. The van der Waals surface area contributed by atoms with E-state index >= 15 is 0 Å². The van der Waals surface area contributed by atoms with E-state index in [9.17, 15) is 23.7 Å². The molecule has 15 nitrogen and oxygen atoms in total. The molecule has 0 bridgehead atoms. The van der Waals surface area contributed by atoms with Gasteiger partial charge >= 0.3 is 15.6 Å². The number of hydrogen-bond acceptors (Lipinski definition) is 11. The first-order valence-electron chi connectivity index (χ1n) is 8.34. The van der Waals surface area contributed by atoms with Gasteiger partial charge in [0, 0.05) is 6.54 Å². The lowest BCUT2D eigenvalue weighted by Gasteiger charge is -2.18. The lowest BCUT2D eigenvalue weighted by Crippen LogP contribution is -2.17. The number of nitrogens with one attached hydrogen (secondary N) is 1. The maximum absolute atomic E-state index is 11.8. The summed E-state index contributed by atoms with van der Waals surface area (Å²) < 4.78 is 43.9. The third-order valence-corrected chi connectivity index (χ3v) is 6.48. The van der Waals surface area contributed by atoms with Crippen molar-refractivity contribution in [3.8, 4) is 0 Å². The Kier molecular flexibility index (Phi) is 6.53. The Bertz CT molecular complexity index is 1020. The molecule has 2 unspecified atom stereocenters. The highest BCUT2D eigenvalue weighted by Gasteiger charge is 2.37. The molecular weight excluding hydrogens is 434 g/mol. The molecule has 29 heavy (non-hydrogen) atoms. The van der Waals surface area contributed by atoms with Gasteiger partial charge in [0.05, 0.1) is 25.6 Å². The van der Waals surface area contributed by atoms with Crippen LogP contribution in [0.25, 0.3) is 11.2 Å². The Morgan fingerprint density at radius 3 is 2.76 bits per heavy atom. The van der Waals surface area contributed by atoms with Crippen LogP contribution in [0.2, 0.25) is 0 Å². The van der Waals surface area contributed by atoms with E-state index in [0.717, 1.165) is 0 Å². The minimum atomic E-state index is -4.89. The van der Waals surface area contributed by atoms with Gasteiger partial charge in [-0.15, -0.1) is 0 Å². The number of nitrogens with two attached hydrogens (primary N) is 2. The smallest absolute Gasteiger partial charge is 0.369 e. The van der Waals surface area contributed by atoms with E-state index in [1.165, 1.54) is 10.9 Å². The van der Waals surface area contributed by atoms with Gasteiger partial charge in [0.15, 0.2) is 11.2 Å². The largest absolute Gasteiger partial charge is 0.481 e. The second kappa shape index (κ2) is 8.60. The van der Waals surface area contributed by atoms with E-state index in [-0.39, 0.29) is 30.3 Å². The van der Waals surface area contributed by atoms with Crippen LogP contribution in [-0.2, 0) is 27.2 Å². The normalized spacial score (nSPS) is 23.8. The van der Waals surface area contributed by atoms with Gasteiger partial charge < -0.3 is 26.0 Å². The second-order valence-electron chi connectivity index (χ2n) is 6.00. The van der Waals surface area contributed by atoms with Crippen molar-refractivity contribution in [2.24, 2.45) is 5.73 Å². The van der Waals surface area contributed by atoms with E-state index in [1.54, 1.807) is 0 Å². The molecule has 0 aliphatic carbocycles. The molecule has 0 spiro atoms. The third kappa shape index (κ3) is 5.48. The molecule has 1 aliphatic heterocycles. The number of aromatic amines is 1. The van der Waals surface area contributed by atoms with Crippen molar-refractivity contribution < 1.29 is 37.0 Å². The van der Waals surface area contributed by atoms with Gasteiger partial charge in [0.1, 0.15) is 6.23 Å². The molecule has 162 valence electrons. The zero-order chi connectivity index (χ0) is 21.2. The Balaban J connectivity index is 1.60. The van der Waals surface area contributed by atoms with Crippen LogP contribution in [0.3, 0.4) is 0 Å². The standard InChI is InChI=1S/C12H20N6O9P2/c13-3-4-24-28(20,21)27-29(22,23)25-5-7-1-2-8(26-7)18-6-15-9-10(18)16-12(14)17-11(9)19/h6-8H,1-5,13H2,(H,20,21)(H,22,23)(H3,14,16,17,19)/t7-,8+/m0/s1. The molecule has 1 aliphatic rings.